The van der Waals surface area contributed by atoms with Crippen LogP contribution in [0.25, 0.3) is 0 Å². The standard InChI is InChI=1S/C16H17F3N4O2/c1-23-9-10(6-21-23)13-7-20-8-14(13)15(24)22-11-2-4-12(5-3-11)25-16(17,18)19/h2-6,9,13-14,20H,7-8H2,1H3,(H,22,24)/t13-,14+/m1/s1. The van der Waals surface area contributed by atoms with Gasteiger partial charge in [-0.05, 0) is 29.8 Å². The van der Waals surface area contributed by atoms with Crippen molar-refractivity contribution in [1.29, 1.82) is 0 Å². The van der Waals surface area contributed by atoms with E-state index in [1.165, 1.54) is 12.1 Å². The molecule has 2 aromatic rings. The Kier molecular flexibility index (Phi) is 4.67. The second-order valence-electron chi connectivity index (χ2n) is 5.88. The van der Waals surface area contributed by atoms with E-state index in [2.05, 4.69) is 20.5 Å². The highest BCUT2D eigenvalue weighted by Gasteiger charge is 2.35. The molecule has 1 aliphatic rings. The molecule has 1 aliphatic heterocycles. The lowest BCUT2D eigenvalue weighted by Gasteiger charge is -2.17. The molecule has 1 fully saturated rings. The lowest BCUT2D eigenvalue weighted by atomic mass is 9.90. The normalized spacial score (nSPS) is 20.5. The van der Waals surface area contributed by atoms with Crippen molar-refractivity contribution in [2.45, 2.75) is 12.3 Å². The Morgan fingerprint density at radius 1 is 1.32 bits per heavy atom. The number of aromatic nitrogens is 2. The van der Waals surface area contributed by atoms with E-state index in [4.69, 9.17) is 0 Å². The van der Waals surface area contributed by atoms with Crippen molar-refractivity contribution in [2.75, 3.05) is 18.4 Å². The van der Waals surface area contributed by atoms with Gasteiger partial charge in [-0.2, -0.15) is 5.10 Å². The number of hydrogen-bond donors (Lipinski definition) is 2. The van der Waals surface area contributed by atoms with Crippen LogP contribution in [0.4, 0.5) is 18.9 Å². The van der Waals surface area contributed by atoms with Crippen LogP contribution in [-0.2, 0) is 11.8 Å². The first-order valence-electron chi connectivity index (χ1n) is 7.68. The van der Waals surface area contributed by atoms with Gasteiger partial charge in [0.15, 0.2) is 0 Å². The Balaban J connectivity index is 1.65. The third-order valence-electron chi connectivity index (χ3n) is 4.06. The molecule has 134 valence electrons. The fraction of sp³-hybridized carbons (Fsp3) is 0.375. The predicted octanol–water partition coefficient (Wildman–Crippen LogP) is 2.26. The van der Waals surface area contributed by atoms with E-state index in [0.29, 0.717) is 18.8 Å². The third kappa shape index (κ3) is 4.30. The van der Waals surface area contributed by atoms with Crippen molar-refractivity contribution in [3.05, 3.63) is 42.2 Å². The van der Waals surface area contributed by atoms with E-state index in [1.54, 1.807) is 10.9 Å². The summed E-state index contributed by atoms with van der Waals surface area (Å²) in [6, 6.07) is 5.07. The number of ether oxygens (including phenoxy) is 1. The number of halogens is 3. The van der Waals surface area contributed by atoms with Gasteiger partial charge in [-0.15, -0.1) is 13.2 Å². The number of rotatable bonds is 4. The summed E-state index contributed by atoms with van der Waals surface area (Å²) in [5, 5.41) is 10.1. The van der Waals surface area contributed by atoms with E-state index < -0.39 is 6.36 Å². The molecule has 1 aromatic heterocycles. The average molecular weight is 354 g/mol. The molecule has 0 bridgehead atoms. The van der Waals surface area contributed by atoms with Crippen LogP contribution in [0.2, 0.25) is 0 Å². The van der Waals surface area contributed by atoms with Crippen LogP contribution in [0.3, 0.4) is 0 Å². The van der Waals surface area contributed by atoms with Gasteiger partial charge in [0.25, 0.3) is 0 Å². The molecule has 25 heavy (non-hydrogen) atoms. The van der Waals surface area contributed by atoms with Crippen molar-refractivity contribution in [2.24, 2.45) is 13.0 Å². The van der Waals surface area contributed by atoms with Gasteiger partial charge in [0, 0.05) is 37.9 Å². The van der Waals surface area contributed by atoms with Gasteiger partial charge in [0.2, 0.25) is 5.91 Å². The van der Waals surface area contributed by atoms with Crippen LogP contribution in [0.15, 0.2) is 36.7 Å². The number of hydrogen-bond acceptors (Lipinski definition) is 4. The fourth-order valence-corrected chi connectivity index (χ4v) is 2.91. The number of benzene rings is 1. The summed E-state index contributed by atoms with van der Waals surface area (Å²) >= 11 is 0. The molecular weight excluding hydrogens is 337 g/mol. The number of alkyl halides is 3. The van der Waals surface area contributed by atoms with Crippen molar-refractivity contribution in [3.8, 4) is 5.75 Å². The van der Waals surface area contributed by atoms with Crippen LogP contribution in [0.1, 0.15) is 11.5 Å². The Bertz CT molecular complexity index is 743. The van der Waals surface area contributed by atoms with Crippen LogP contribution >= 0.6 is 0 Å². The molecule has 1 aromatic carbocycles. The lowest BCUT2D eigenvalue weighted by molar-refractivity contribution is -0.274. The minimum absolute atomic E-state index is 0.00142. The summed E-state index contributed by atoms with van der Waals surface area (Å²) in [7, 11) is 1.81. The van der Waals surface area contributed by atoms with E-state index in [0.717, 1.165) is 17.7 Å². The Hall–Kier alpha value is -2.55. The van der Waals surface area contributed by atoms with Crippen molar-refractivity contribution < 1.29 is 22.7 Å². The maximum Gasteiger partial charge on any atom is 0.573 e. The van der Waals surface area contributed by atoms with Crippen molar-refractivity contribution >= 4 is 11.6 Å². The fourth-order valence-electron chi connectivity index (χ4n) is 2.91. The zero-order valence-corrected chi connectivity index (χ0v) is 13.4. The molecule has 0 aliphatic carbocycles. The predicted molar refractivity (Wildman–Crippen MR) is 84.1 cm³/mol. The quantitative estimate of drug-likeness (QED) is 0.884. The minimum Gasteiger partial charge on any atom is -0.406 e. The van der Waals surface area contributed by atoms with Crippen molar-refractivity contribution in [1.82, 2.24) is 15.1 Å². The molecular formula is C16H17F3N4O2. The first-order chi connectivity index (χ1) is 11.8. The first-order valence-corrected chi connectivity index (χ1v) is 7.68. The smallest absolute Gasteiger partial charge is 0.406 e. The van der Waals surface area contributed by atoms with E-state index in [9.17, 15) is 18.0 Å². The third-order valence-corrected chi connectivity index (χ3v) is 4.06. The van der Waals surface area contributed by atoms with Gasteiger partial charge in [-0.3, -0.25) is 9.48 Å². The monoisotopic (exact) mass is 354 g/mol. The minimum atomic E-state index is -4.74. The summed E-state index contributed by atoms with van der Waals surface area (Å²) in [6.07, 6.45) is -1.13. The molecule has 0 saturated carbocycles. The first kappa shape index (κ1) is 17.3. The van der Waals surface area contributed by atoms with Gasteiger partial charge in [-0.1, -0.05) is 0 Å². The summed E-state index contributed by atoms with van der Waals surface area (Å²) in [6.45, 7) is 1.20. The number of amides is 1. The summed E-state index contributed by atoms with van der Waals surface area (Å²) in [5.74, 6) is -0.804. The molecule has 0 spiro atoms. The largest absolute Gasteiger partial charge is 0.573 e. The van der Waals surface area contributed by atoms with Gasteiger partial charge in [-0.25, -0.2) is 0 Å². The second-order valence-corrected chi connectivity index (χ2v) is 5.88. The van der Waals surface area contributed by atoms with Crippen LogP contribution in [-0.4, -0.2) is 35.1 Å². The molecule has 1 saturated heterocycles. The molecule has 2 atom stereocenters. The lowest BCUT2D eigenvalue weighted by Crippen LogP contribution is -2.28. The van der Waals surface area contributed by atoms with Gasteiger partial charge >= 0.3 is 6.36 Å². The topological polar surface area (TPSA) is 68.2 Å². The van der Waals surface area contributed by atoms with Gasteiger partial charge < -0.3 is 15.4 Å². The Morgan fingerprint density at radius 2 is 2.04 bits per heavy atom. The molecule has 9 heteroatoms. The maximum atomic E-state index is 12.5. The highest BCUT2D eigenvalue weighted by molar-refractivity contribution is 5.93. The highest BCUT2D eigenvalue weighted by Crippen LogP contribution is 2.29. The van der Waals surface area contributed by atoms with E-state index in [-0.39, 0.29) is 23.5 Å². The number of nitrogens with one attached hydrogen (secondary N) is 2. The zero-order chi connectivity index (χ0) is 18.0. The van der Waals surface area contributed by atoms with Crippen LogP contribution < -0.4 is 15.4 Å². The van der Waals surface area contributed by atoms with E-state index in [1.807, 2.05) is 13.2 Å². The molecule has 0 radical (unpaired) electrons. The Morgan fingerprint density at radius 3 is 2.64 bits per heavy atom. The van der Waals surface area contributed by atoms with Gasteiger partial charge in [0.1, 0.15) is 5.75 Å². The Labute approximate surface area is 142 Å². The number of carbonyl (C=O) groups excluding carboxylic acids is 1. The molecule has 1 amide bonds. The molecule has 2 N–H and O–H groups in total. The summed E-state index contributed by atoms with van der Waals surface area (Å²) < 4.78 is 42.0. The molecule has 2 heterocycles. The molecule has 0 unspecified atom stereocenters. The van der Waals surface area contributed by atoms with Crippen molar-refractivity contribution in [3.63, 3.8) is 0 Å². The van der Waals surface area contributed by atoms with Crippen LogP contribution in [0.5, 0.6) is 5.75 Å². The SMILES string of the molecule is Cn1cc([C@H]2CNC[C@@H]2C(=O)Nc2ccc(OC(F)(F)F)cc2)cn1. The zero-order valence-electron chi connectivity index (χ0n) is 13.4. The molecule has 6 nitrogen and oxygen atoms in total. The highest BCUT2D eigenvalue weighted by atomic mass is 19.4. The summed E-state index contributed by atoms with van der Waals surface area (Å²) in [5.41, 5.74) is 1.39. The van der Waals surface area contributed by atoms with Crippen LogP contribution in [0, 0.1) is 5.92 Å². The van der Waals surface area contributed by atoms with Gasteiger partial charge in [0.05, 0.1) is 12.1 Å². The number of anilines is 1. The number of nitrogens with zero attached hydrogens (tertiary/aromatic N) is 2. The summed E-state index contributed by atoms with van der Waals surface area (Å²) in [4.78, 5) is 12.5. The number of carbonyl (C=O) groups is 1. The number of aryl methyl sites for hydroxylation is 1. The average Bonchev–Trinajstić information content (AvgIpc) is 3.16. The molecule has 3 rings (SSSR count). The maximum absolute atomic E-state index is 12.5. The van der Waals surface area contributed by atoms with E-state index >= 15 is 0 Å². The second kappa shape index (κ2) is 6.75.